The summed E-state index contributed by atoms with van der Waals surface area (Å²) in [6, 6.07) is 9.32. The van der Waals surface area contributed by atoms with E-state index in [1.807, 2.05) is 24.3 Å². The summed E-state index contributed by atoms with van der Waals surface area (Å²) in [6.45, 7) is 5.89. The molecule has 0 radical (unpaired) electrons. The Morgan fingerprint density at radius 3 is 2.67 bits per heavy atom. The maximum Gasteiger partial charge on any atom is 0.251 e. The summed E-state index contributed by atoms with van der Waals surface area (Å²) in [4.78, 5) is 23.9. The molecule has 0 bridgehead atoms. The Kier molecular flexibility index (Phi) is 6.23. The Bertz CT molecular complexity index is 1020. The fourth-order valence-corrected chi connectivity index (χ4v) is 4.29. The first-order valence-electron chi connectivity index (χ1n) is 10.6. The van der Waals surface area contributed by atoms with E-state index in [0.717, 1.165) is 61.6 Å². The summed E-state index contributed by atoms with van der Waals surface area (Å²) < 4.78 is 5.94. The number of oxazole rings is 1. The average Bonchev–Trinajstić information content (AvgIpc) is 3.18. The number of benzene rings is 1. The first kappa shape index (κ1) is 20.7. The minimum atomic E-state index is -0.0363. The minimum Gasteiger partial charge on any atom is -0.440 e. The van der Waals surface area contributed by atoms with Crippen molar-refractivity contribution in [3.05, 3.63) is 53.0 Å². The van der Waals surface area contributed by atoms with E-state index >= 15 is 0 Å². The molecule has 30 heavy (non-hydrogen) atoms. The number of nitrogens with zero attached hydrogens (tertiary/aromatic N) is 3. The van der Waals surface area contributed by atoms with E-state index < -0.39 is 0 Å². The number of fused-ring (bicyclic) bond motifs is 1. The van der Waals surface area contributed by atoms with Crippen LogP contribution in [0.2, 0.25) is 5.02 Å². The van der Waals surface area contributed by atoms with Crippen molar-refractivity contribution in [1.82, 2.24) is 15.3 Å². The van der Waals surface area contributed by atoms with Gasteiger partial charge in [0.2, 0.25) is 0 Å². The number of amides is 1. The molecule has 1 N–H and O–H groups in total. The van der Waals surface area contributed by atoms with Gasteiger partial charge in [0.25, 0.3) is 5.91 Å². The molecule has 1 fully saturated rings. The maximum absolute atomic E-state index is 12.8. The van der Waals surface area contributed by atoms with Crippen LogP contribution in [0.5, 0.6) is 0 Å². The summed E-state index contributed by atoms with van der Waals surface area (Å²) in [5.74, 6) is 1.85. The zero-order valence-corrected chi connectivity index (χ0v) is 18.2. The molecule has 7 heteroatoms. The Morgan fingerprint density at radius 2 is 1.93 bits per heavy atom. The number of pyridine rings is 1. The third kappa shape index (κ3) is 4.43. The highest BCUT2D eigenvalue weighted by atomic mass is 35.5. The van der Waals surface area contributed by atoms with Crippen molar-refractivity contribution >= 4 is 34.4 Å². The van der Waals surface area contributed by atoms with Crippen molar-refractivity contribution in [2.75, 3.05) is 18.0 Å². The Labute approximate surface area is 181 Å². The predicted octanol–water partition coefficient (Wildman–Crippen LogP) is 5.18. The summed E-state index contributed by atoms with van der Waals surface area (Å²) in [7, 11) is 0. The third-order valence-corrected chi connectivity index (χ3v) is 6.11. The van der Waals surface area contributed by atoms with Crippen LogP contribution in [-0.2, 0) is 0 Å². The number of aromatic nitrogens is 2. The van der Waals surface area contributed by atoms with E-state index in [-0.39, 0.29) is 17.9 Å². The SMILES string of the molecule is CCN(CC)c1cc(C(=O)NC2CCC(c3nc4cc(Cl)ccc4o3)CC2)ccn1. The van der Waals surface area contributed by atoms with E-state index in [0.29, 0.717) is 10.6 Å². The van der Waals surface area contributed by atoms with Gasteiger partial charge in [-0.1, -0.05) is 11.6 Å². The molecule has 6 nitrogen and oxygen atoms in total. The van der Waals surface area contributed by atoms with Gasteiger partial charge in [-0.3, -0.25) is 4.79 Å². The molecule has 0 aliphatic heterocycles. The third-order valence-electron chi connectivity index (χ3n) is 5.87. The molecule has 0 spiro atoms. The first-order chi connectivity index (χ1) is 14.6. The van der Waals surface area contributed by atoms with Crippen LogP contribution in [0.3, 0.4) is 0 Å². The van der Waals surface area contributed by atoms with Crippen molar-refractivity contribution in [1.29, 1.82) is 0 Å². The number of hydrogen-bond acceptors (Lipinski definition) is 5. The van der Waals surface area contributed by atoms with Gasteiger partial charge in [-0.2, -0.15) is 0 Å². The van der Waals surface area contributed by atoms with Gasteiger partial charge in [0.1, 0.15) is 11.3 Å². The Morgan fingerprint density at radius 1 is 1.17 bits per heavy atom. The van der Waals surface area contributed by atoms with Crippen LogP contribution in [0, 0.1) is 0 Å². The van der Waals surface area contributed by atoms with Crippen LogP contribution in [0.15, 0.2) is 40.9 Å². The summed E-state index contributed by atoms with van der Waals surface area (Å²) in [5.41, 5.74) is 2.23. The van der Waals surface area contributed by atoms with E-state index in [4.69, 9.17) is 16.0 Å². The van der Waals surface area contributed by atoms with Gasteiger partial charge in [0, 0.05) is 41.8 Å². The number of anilines is 1. The van der Waals surface area contributed by atoms with Gasteiger partial charge in [0.15, 0.2) is 11.5 Å². The van der Waals surface area contributed by atoms with Gasteiger partial charge >= 0.3 is 0 Å². The molecular weight excluding hydrogens is 400 g/mol. The van der Waals surface area contributed by atoms with Crippen molar-refractivity contribution in [2.45, 2.75) is 51.5 Å². The Balaban J connectivity index is 1.36. The van der Waals surface area contributed by atoms with E-state index in [2.05, 4.69) is 34.0 Å². The topological polar surface area (TPSA) is 71.3 Å². The quantitative estimate of drug-likeness (QED) is 0.588. The minimum absolute atomic E-state index is 0.0363. The molecule has 0 unspecified atom stereocenters. The number of carbonyl (C=O) groups is 1. The second-order valence-electron chi connectivity index (χ2n) is 7.76. The van der Waals surface area contributed by atoms with Crippen molar-refractivity contribution < 1.29 is 9.21 Å². The lowest BCUT2D eigenvalue weighted by atomic mass is 9.86. The van der Waals surface area contributed by atoms with Gasteiger partial charge in [0.05, 0.1) is 0 Å². The van der Waals surface area contributed by atoms with E-state index in [1.165, 1.54) is 0 Å². The number of carbonyl (C=O) groups excluding carboxylic acids is 1. The fraction of sp³-hybridized carbons (Fsp3) is 0.435. The largest absolute Gasteiger partial charge is 0.440 e. The molecule has 2 heterocycles. The number of rotatable bonds is 6. The highest BCUT2D eigenvalue weighted by Crippen LogP contribution is 2.34. The van der Waals surface area contributed by atoms with E-state index in [1.54, 1.807) is 12.3 Å². The number of nitrogens with one attached hydrogen (secondary N) is 1. The molecule has 0 saturated heterocycles. The van der Waals surface area contributed by atoms with Crippen molar-refractivity contribution in [2.24, 2.45) is 0 Å². The van der Waals surface area contributed by atoms with E-state index in [9.17, 15) is 4.79 Å². The number of hydrogen-bond donors (Lipinski definition) is 1. The predicted molar refractivity (Wildman–Crippen MR) is 119 cm³/mol. The molecule has 0 atom stereocenters. The molecular formula is C23H27ClN4O2. The van der Waals surface area contributed by atoms with Gasteiger partial charge < -0.3 is 14.6 Å². The number of halogens is 1. The van der Waals surface area contributed by atoms with Crippen LogP contribution >= 0.6 is 11.6 Å². The fourth-order valence-electron chi connectivity index (χ4n) is 4.13. The van der Waals surface area contributed by atoms with Crippen LogP contribution in [0.25, 0.3) is 11.1 Å². The van der Waals surface area contributed by atoms with Crippen LogP contribution < -0.4 is 10.2 Å². The average molecular weight is 427 g/mol. The van der Waals surface area contributed by atoms with Crippen LogP contribution in [-0.4, -0.2) is 35.0 Å². The Hall–Kier alpha value is -2.60. The summed E-state index contributed by atoms with van der Waals surface area (Å²) in [5, 5.41) is 3.85. The van der Waals surface area contributed by atoms with Gasteiger partial charge in [-0.15, -0.1) is 0 Å². The molecule has 2 aromatic heterocycles. The second kappa shape index (κ2) is 9.04. The standard InChI is InChI=1S/C23H27ClN4O2/c1-3-28(4-2)21-13-16(11-12-25-21)22(29)26-18-8-5-15(6-9-18)23-27-19-14-17(24)7-10-20(19)30-23/h7,10-15,18H,3-6,8-9H2,1-2H3,(H,26,29). The second-order valence-corrected chi connectivity index (χ2v) is 8.20. The van der Waals surface area contributed by atoms with Crippen molar-refractivity contribution in [3.63, 3.8) is 0 Å². The highest BCUT2D eigenvalue weighted by Gasteiger charge is 2.27. The first-order valence-corrected chi connectivity index (χ1v) is 11.0. The molecule has 1 aromatic carbocycles. The lowest BCUT2D eigenvalue weighted by molar-refractivity contribution is 0.0925. The summed E-state index contributed by atoms with van der Waals surface area (Å²) >= 11 is 6.05. The van der Waals surface area contributed by atoms with Crippen LogP contribution in [0.4, 0.5) is 5.82 Å². The molecule has 1 aliphatic carbocycles. The lowest BCUT2D eigenvalue weighted by Gasteiger charge is -2.27. The molecule has 1 saturated carbocycles. The zero-order chi connectivity index (χ0) is 21.1. The molecule has 3 aromatic rings. The summed E-state index contributed by atoms with van der Waals surface area (Å²) in [6.07, 6.45) is 5.39. The molecule has 158 valence electrons. The molecule has 1 amide bonds. The van der Waals surface area contributed by atoms with Crippen LogP contribution in [0.1, 0.15) is 61.7 Å². The van der Waals surface area contributed by atoms with Gasteiger partial charge in [-0.05, 0) is 69.9 Å². The highest BCUT2D eigenvalue weighted by molar-refractivity contribution is 6.31. The lowest BCUT2D eigenvalue weighted by Crippen LogP contribution is -2.37. The monoisotopic (exact) mass is 426 g/mol. The molecule has 4 rings (SSSR count). The maximum atomic E-state index is 12.8. The molecule has 1 aliphatic rings. The zero-order valence-electron chi connectivity index (χ0n) is 17.4. The van der Waals surface area contributed by atoms with Crippen molar-refractivity contribution in [3.8, 4) is 0 Å². The normalized spacial score (nSPS) is 19.0. The van der Waals surface area contributed by atoms with Gasteiger partial charge in [-0.25, -0.2) is 9.97 Å². The smallest absolute Gasteiger partial charge is 0.251 e.